The van der Waals surface area contributed by atoms with Crippen molar-refractivity contribution in [3.05, 3.63) is 0 Å². The van der Waals surface area contributed by atoms with E-state index in [9.17, 15) is 28.8 Å². The molecule has 0 spiro atoms. The summed E-state index contributed by atoms with van der Waals surface area (Å²) in [7, 11) is 1.76. The van der Waals surface area contributed by atoms with Gasteiger partial charge in [0.15, 0.2) is 0 Å². The number of rotatable bonds is 17. The van der Waals surface area contributed by atoms with Gasteiger partial charge in [0, 0.05) is 32.5 Å². The van der Waals surface area contributed by atoms with Crippen LogP contribution in [0.5, 0.6) is 0 Å². The normalized spacial score (nSPS) is 12.9. The molecule has 0 aliphatic heterocycles. The molecule has 0 aliphatic rings. The molecule has 0 aromatic rings. The van der Waals surface area contributed by atoms with Crippen molar-refractivity contribution in [1.29, 1.82) is 0 Å². The third kappa shape index (κ3) is 21.0. The van der Waals surface area contributed by atoms with Gasteiger partial charge in [0.05, 0.1) is 0 Å². The number of nitrogens with one attached hydrogen (secondary N) is 6. The molecule has 0 heterocycles. The van der Waals surface area contributed by atoms with Gasteiger partial charge in [-0.1, -0.05) is 13.8 Å². The zero-order valence-electron chi connectivity index (χ0n) is 27.4. The van der Waals surface area contributed by atoms with Gasteiger partial charge < -0.3 is 36.1 Å². The highest BCUT2D eigenvalue weighted by Crippen LogP contribution is 2.09. The highest BCUT2D eigenvalue weighted by molar-refractivity contribution is 5.93. The van der Waals surface area contributed by atoms with Crippen molar-refractivity contribution in [2.75, 3.05) is 26.7 Å². The molecule has 248 valence electrons. The molecule has 0 fully saturated rings. The van der Waals surface area contributed by atoms with Crippen LogP contribution in [-0.4, -0.2) is 85.8 Å². The Morgan fingerprint density at radius 1 is 0.651 bits per heavy atom. The molecule has 0 aromatic heterocycles. The van der Waals surface area contributed by atoms with E-state index >= 15 is 0 Å². The molecule has 0 unspecified atom stereocenters. The summed E-state index contributed by atoms with van der Waals surface area (Å²) >= 11 is 0. The van der Waals surface area contributed by atoms with E-state index in [-0.39, 0.29) is 31.1 Å². The molecular weight excluding hydrogens is 560 g/mol. The molecule has 14 heteroatoms. The first-order valence-electron chi connectivity index (χ1n) is 14.9. The molecule has 6 N–H and O–H groups in total. The van der Waals surface area contributed by atoms with Crippen LogP contribution in [0.4, 0.5) is 9.59 Å². The monoisotopic (exact) mass is 614 g/mol. The number of ether oxygens (including phenoxy) is 2. The molecule has 14 nitrogen and oxygen atoms in total. The number of hydrogen-bond acceptors (Lipinski definition) is 9. The Morgan fingerprint density at radius 3 is 1.79 bits per heavy atom. The lowest BCUT2D eigenvalue weighted by atomic mass is 10.0. The van der Waals surface area contributed by atoms with E-state index in [1.165, 1.54) is 0 Å². The van der Waals surface area contributed by atoms with Crippen LogP contribution in [0.3, 0.4) is 0 Å². The van der Waals surface area contributed by atoms with Crippen LogP contribution in [0.15, 0.2) is 0 Å². The van der Waals surface area contributed by atoms with Gasteiger partial charge in [-0.3, -0.25) is 24.5 Å². The summed E-state index contributed by atoms with van der Waals surface area (Å²) in [6.07, 6.45) is 0.0496. The Bertz CT molecular complexity index is 927. The second kappa shape index (κ2) is 19.7. The van der Waals surface area contributed by atoms with Crippen molar-refractivity contribution >= 4 is 35.8 Å². The molecule has 43 heavy (non-hydrogen) atoms. The van der Waals surface area contributed by atoms with Crippen LogP contribution in [0.1, 0.15) is 93.9 Å². The van der Waals surface area contributed by atoms with E-state index in [0.717, 1.165) is 0 Å². The van der Waals surface area contributed by atoms with E-state index in [4.69, 9.17) is 9.47 Å². The molecule has 2 atom stereocenters. The lowest BCUT2D eigenvalue weighted by Gasteiger charge is -2.25. The predicted molar refractivity (Wildman–Crippen MR) is 162 cm³/mol. The van der Waals surface area contributed by atoms with Gasteiger partial charge in [0.25, 0.3) is 0 Å². The van der Waals surface area contributed by atoms with Gasteiger partial charge in [0.2, 0.25) is 23.6 Å². The van der Waals surface area contributed by atoms with Crippen LogP contribution in [0, 0.1) is 5.92 Å². The predicted octanol–water partition coefficient (Wildman–Crippen LogP) is 1.86. The van der Waals surface area contributed by atoms with Crippen LogP contribution >= 0.6 is 0 Å². The maximum atomic E-state index is 13.2. The van der Waals surface area contributed by atoms with Gasteiger partial charge in [-0.25, -0.2) is 9.59 Å². The molecule has 0 saturated carbocycles. The average molecular weight is 615 g/mol. The fraction of sp³-hybridized carbons (Fsp3) is 0.793. The first kappa shape index (κ1) is 39.6. The first-order chi connectivity index (χ1) is 19.8. The minimum absolute atomic E-state index is 0.0448. The maximum Gasteiger partial charge on any atom is 0.414 e. The zero-order chi connectivity index (χ0) is 33.2. The van der Waals surface area contributed by atoms with Crippen molar-refractivity contribution in [1.82, 2.24) is 31.9 Å². The quantitative estimate of drug-likeness (QED) is 0.133. The third-order valence-corrected chi connectivity index (χ3v) is 5.61. The number of carbonyl (C=O) groups is 6. The summed E-state index contributed by atoms with van der Waals surface area (Å²) in [6, 6.07) is -1.76. The molecular formula is C29H54N6O8. The molecule has 0 rings (SSSR count). The number of amides is 6. The zero-order valence-corrected chi connectivity index (χ0v) is 27.4. The standard InChI is InChI=1S/C29H54N6O8/c1-19(2)23(34-21(36)14-12-15-22(37)35-27(41)43-29(6,7)8)25(39)33-20(24(38)31-18-17-30-9)13-10-11-16-32-26(40)42-28(3,4)5/h19-20,23,30H,10-18H2,1-9H3,(H,31,38)(H,32,40)(H,33,39)(H,34,36)(H,35,37,41)/t20-,23-/m0/s1. The number of unbranched alkanes of at least 4 members (excludes halogenated alkanes) is 1. The Balaban J connectivity index is 4.98. The van der Waals surface area contributed by atoms with E-state index < -0.39 is 53.2 Å². The molecule has 0 saturated heterocycles. The molecule has 6 amide bonds. The van der Waals surface area contributed by atoms with E-state index in [2.05, 4.69) is 31.9 Å². The number of alkyl carbamates (subject to hydrolysis) is 2. The SMILES string of the molecule is CNCCNC(=O)[C@H](CCCCNC(=O)OC(C)(C)C)NC(=O)[C@@H](NC(=O)CCCC(=O)NC(=O)OC(C)(C)C)C(C)C. The number of carbonyl (C=O) groups excluding carboxylic acids is 6. The third-order valence-electron chi connectivity index (χ3n) is 5.61. The van der Waals surface area contributed by atoms with E-state index in [1.54, 1.807) is 62.4 Å². The average Bonchev–Trinajstić information content (AvgIpc) is 2.83. The number of likely N-dealkylation sites (N-methyl/N-ethyl adjacent to an activating group) is 1. The maximum absolute atomic E-state index is 13.2. The lowest BCUT2D eigenvalue weighted by Crippen LogP contribution is -2.55. The summed E-state index contributed by atoms with van der Waals surface area (Å²) in [5.41, 5.74) is -1.36. The number of hydrogen-bond donors (Lipinski definition) is 6. The summed E-state index contributed by atoms with van der Waals surface area (Å²) in [5.74, 6) is -2.17. The van der Waals surface area contributed by atoms with E-state index in [0.29, 0.717) is 38.9 Å². The fourth-order valence-corrected chi connectivity index (χ4v) is 3.61. The Morgan fingerprint density at radius 2 is 1.23 bits per heavy atom. The molecule has 0 aliphatic carbocycles. The molecule has 0 radical (unpaired) electrons. The topological polar surface area (TPSA) is 193 Å². The first-order valence-corrected chi connectivity index (χ1v) is 14.9. The minimum atomic E-state index is -0.912. The summed E-state index contributed by atoms with van der Waals surface area (Å²) in [6.45, 7) is 15.1. The van der Waals surface area contributed by atoms with Gasteiger partial charge in [-0.2, -0.15) is 0 Å². The molecule has 0 bridgehead atoms. The lowest BCUT2D eigenvalue weighted by molar-refractivity contribution is -0.133. The highest BCUT2D eigenvalue weighted by Gasteiger charge is 2.28. The van der Waals surface area contributed by atoms with Crippen molar-refractivity contribution in [3.8, 4) is 0 Å². The van der Waals surface area contributed by atoms with Crippen molar-refractivity contribution in [3.63, 3.8) is 0 Å². The van der Waals surface area contributed by atoms with Gasteiger partial charge >= 0.3 is 12.2 Å². The second-order valence-electron chi connectivity index (χ2n) is 12.6. The van der Waals surface area contributed by atoms with Crippen LogP contribution in [0.25, 0.3) is 0 Å². The van der Waals surface area contributed by atoms with Gasteiger partial charge in [-0.05, 0) is 80.2 Å². The summed E-state index contributed by atoms with van der Waals surface area (Å²) < 4.78 is 10.2. The van der Waals surface area contributed by atoms with Gasteiger partial charge in [0.1, 0.15) is 23.3 Å². The van der Waals surface area contributed by atoms with Crippen LogP contribution in [0.2, 0.25) is 0 Å². The Labute approximate surface area is 255 Å². The second-order valence-corrected chi connectivity index (χ2v) is 12.6. The van der Waals surface area contributed by atoms with Gasteiger partial charge in [-0.15, -0.1) is 0 Å². The largest absolute Gasteiger partial charge is 0.444 e. The fourth-order valence-electron chi connectivity index (χ4n) is 3.61. The molecule has 0 aromatic carbocycles. The Hall–Kier alpha value is -3.42. The number of imide groups is 1. The van der Waals surface area contributed by atoms with Crippen molar-refractivity contribution in [2.45, 2.75) is 117 Å². The van der Waals surface area contributed by atoms with Crippen molar-refractivity contribution < 1.29 is 38.2 Å². The van der Waals surface area contributed by atoms with Crippen LogP contribution < -0.4 is 31.9 Å². The minimum Gasteiger partial charge on any atom is -0.444 e. The van der Waals surface area contributed by atoms with E-state index in [1.807, 2.05) is 0 Å². The summed E-state index contributed by atoms with van der Waals surface area (Å²) in [4.78, 5) is 74.2. The van der Waals surface area contributed by atoms with Crippen LogP contribution in [-0.2, 0) is 28.7 Å². The van der Waals surface area contributed by atoms with Crippen molar-refractivity contribution in [2.24, 2.45) is 5.92 Å². The highest BCUT2D eigenvalue weighted by atomic mass is 16.6. The summed E-state index contributed by atoms with van der Waals surface area (Å²) in [5, 5.41) is 16.0. The Kier molecular flexibility index (Phi) is 18.1. The smallest absolute Gasteiger partial charge is 0.414 e.